The molecule has 0 aliphatic heterocycles. The molecule has 0 amide bonds. The lowest BCUT2D eigenvalue weighted by Gasteiger charge is -1.88. The van der Waals surface area contributed by atoms with Gasteiger partial charge in [0.25, 0.3) is 0 Å². The number of hydrogen-bond acceptors (Lipinski definition) is 3. The molecule has 2 rings (SSSR count). The van der Waals surface area contributed by atoms with Crippen molar-refractivity contribution >= 4 is 5.97 Å². The summed E-state index contributed by atoms with van der Waals surface area (Å²) in [5, 5.41) is 8.79. The van der Waals surface area contributed by atoms with Crippen LogP contribution in [-0.4, -0.2) is 20.6 Å². The second kappa shape index (κ2) is 3.27. The fourth-order valence-corrected chi connectivity index (χ4v) is 1.35. The van der Waals surface area contributed by atoms with E-state index in [1.54, 1.807) is 6.92 Å². The molecule has 0 unspecified atom stereocenters. The molecule has 15 heavy (non-hydrogen) atoms. The van der Waals surface area contributed by atoms with Gasteiger partial charge < -0.3 is 14.1 Å². The third-order valence-corrected chi connectivity index (χ3v) is 2.07. The summed E-state index contributed by atoms with van der Waals surface area (Å²) >= 11 is 0. The zero-order chi connectivity index (χ0) is 11.0. The van der Waals surface area contributed by atoms with Gasteiger partial charge in [-0.15, -0.1) is 0 Å². The number of aromatic carboxylic acids is 1. The summed E-state index contributed by atoms with van der Waals surface area (Å²) in [6.45, 7) is 1.61. The summed E-state index contributed by atoms with van der Waals surface area (Å²) in [6, 6.07) is 1.82. The van der Waals surface area contributed by atoms with E-state index in [0.29, 0.717) is 11.6 Å². The van der Waals surface area contributed by atoms with Gasteiger partial charge in [-0.05, 0) is 13.0 Å². The molecule has 2 aromatic heterocycles. The molecule has 78 valence electrons. The van der Waals surface area contributed by atoms with Crippen LogP contribution in [0.4, 0.5) is 0 Å². The Balaban J connectivity index is 2.46. The van der Waals surface area contributed by atoms with E-state index >= 15 is 0 Å². The number of hydrogen-bond donors (Lipinski definition) is 1. The van der Waals surface area contributed by atoms with E-state index in [1.807, 2.05) is 30.1 Å². The lowest BCUT2D eigenvalue weighted by atomic mass is 10.3. The van der Waals surface area contributed by atoms with Gasteiger partial charge in [-0.25, -0.2) is 9.78 Å². The zero-order valence-corrected chi connectivity index (χ0v) is 8.39. The number of aromatic nitrogens is 2. The molecule has 0 aliphatic rings. The number of aryl methyl sites for hydroxylation is 2. The molecule has 5 heteroatoms. The summed E-state index contributed by atoms with van der Waals surface area (Å²) in [5.74, 6) is -0.860. The van der Waals surface area contributed by atoms with Crippen molar-refractivity contribution in [2.24, 2.45) is 7.05 Å². The second-order valence-corrected chi connectivity index (χ2v) is 3.30. The standard InChI is InChI=1S/C10H10N2O3/c1-6-8(10(13)14)15-9(11-6)7-3-4-12(2)5-7/h3-5H,1-2H3,(H,13,14). The van der Waals surface area contributed by atoms with E-state index in [4.69, 9.17) is 9.52 Å². The SMILES string of the molecule is Cc1nc(-c2ccn(C)c2)oc1C(=O)O. The van der Waals surface area contributed by atoms with Crippen LogP contribution in [0.1, 0.15) is 16.2 Å². The van der Waals surface area contributed by atoms with Crippen molar-refractivity contribution in [1.82, 2.24) is 9.55 Å². The van der Waals surface area contributed by atoms with Crippen molar-refractivity contribution in [3.05, 3.63) is 29.9 Å². The lowest BCUT2D eigenvalue weighted by Crippen LogP contribution is -1.95. The molecule has 0 aliphatic carbocycles. The van der Waals surface area contributed by atoms with E-state index < -0.39 is 5.97 Å². The number of oxazole rings is 1. The minimum atomic E-state index is -1.10. The van der Waals surface area contributed by atoms with Crippen LogP contribution in [0.2, 0.25) is 0 Å². The quantitative estimate of drug-likeness (QED) is 0.811. The Morgan fingerprint density at radius 2 is 2.33 bits per heavy atom. The van der Waals surface area contributed by atoms with Gasteiger partial charge in [0.2, 0.25) is 11.7 Å². The van der Waals surface area contributed by atoms with Gasteiger partial charge in [0.05, 0.1) is 11.3 Å². The highest BCUT2D eigenvalue weighted by Crippen LogP contribution is 2.21. The first-order chi connectivity index (χ1) is 7.08. The molecule has 0 saturated heterocycles. The summed E-state index contributed by atoms with van der Waals surface area (Å²) < 4.78 is 6.99. The van der Waals surface area contributed by atoms with Crippen LogP contribution < -0.4 is 0 Å². The minimum absolute atomic E-state index is 0.103. The van der Waals surface area contributed by atoms with Gasteiger partial charge in [-0.2, -0.15) is 0 Å². The second-order valence-electron chi connectivity index (χ2n) is 3.30. The van der Waals surface area contributed by atoms with Crippen LogP contribution in [0, 0.1) is 6.92 Å². The number of rotatable bonds is 2. The van der Waals surface area contributed by atoms with Crippen LogP contribution in [0.5, 0.6) is 0 Å². The van der Waals surface area contributed by atoms with Crippen molar-refractivity contribution in [2.45, 2.75) is 6.92 Å². The number of carboxylic acid groups (broad SMARTS) is 1. The predicted octanol–water partition coefficient (Wildman–Crippen LogP) is 1.69. The van der Waals surface area contributed by atoms with Crippen molar-refractivity contribution in [3.63, 3.8) is 0 Å². The first-order valence-corrected chi connectivity index (χ1v) is 4.41. The van der Waals surface area contributed by atoms with Crippen molar-refractivity contribution in [1.29, 1.82) is 0 Å². The summed E-state index contributed by atoms with van der Waals surface area (Å²) in [5.41, 5.74) is 1.16. The van der Waals surface area contributed by atoms with Crippen molar-refractivity contribution in [3.8, 4) is 11.5 Å². The Morgan fingerprint density at radius 3 is 2.80 bits per heavy atom. The minimum Gasteiger partial charge on any atom is -0.475 e. The first kappa shape index (κ1) is 9.51. The van der Waals surface area contributed by atoms with Gasteiger partial charge >= 0.3 is 5.97 Å². The maximum Gasteiger partial charge on any atom is 0.373 e. The van der Waals surface area contributed by atoms with E-state index in [0.717, 1.165) is 5.56 Å². The summed E-state index contributed by atoms with van der Waals surface area (Å²) in [4.78, 5) is 14.8. The normalized spacial score (nSPS) is 10.5. The molecule has 0 aromatic carbocycles. The molecule has 0 spiro atoms. The average Bonchev–Trinajstić information content (AvgIpc) is 2.71. The van der Waals surface area contributed by atoms with E-state index in [1.165, 1.54) is 0 Å². The molecular formula is C10H10N2O3. The average molecular weight is 206 g/mol. The van der Waals surface area contributed by atoms with Crippen LogP contribution in [-0.2, 0) is 7.05 Å². The maximum absolute atomic E-state index is 10.7. The van der Waals surface area contributed by atoms with E-state index in [-0.39, 0.29) is 5.76 Å². The molecule has 0 fully saturated rings. The number of nitrogens with zero attached hydrogens (tertiary/aromatic N) is 2. The highest BCUT2D eigenvalue weighted by atomic mass is 16.4. The Hall–Kier alpha value is -2.04. The summed E-state index contributed by atoms with van der Waals surface area (Å²) in [6.07, 6.45) is 3.66. The molecule has 2 heterocycles. The molecule has 1 N–H and O–H groups in total. The van der Waals surface area contributed by atoms with Gasteiger partial charge in [0.1, 0.15) is 0 Å². The molecule has 0 bridgehead atoms. The zero-order valence-electron chi connectivity index (χ0n) is 8.39. The van der Waals surface area contributed by atoms with Gasteiger partial charge in [-0.3, -0.25) is 0 Å². The van der Waals surface area contributed by atoms with E-state index in [2.05, 4.69) is 4.98 Å². The largest absolute Gasteiger partial charge is 0.475 e. The Labute approximate surface area is 86.0 Å². The molecule has 2 aromatic rings. The van der Waals surface area contributed by atoms with Crippen LogP contribution >= 0.6 is 0 Å². The van der Waals surface area contributed by atoms with Crippen molar-refractivity contribution in [2.75, 3.05) is 0 Å². The summed E-state index contributed by atoms with van der Waals surface area (Å²) in [7, 11) is 1.87. The van der Waals surface area contributed by atoms with Gasteiger partial charge in [0, 0.05) is 19.4 Å². The Kier molecular flexibility index (Phi) is 2.07. The fraction of sp³-hybridized carbons (Fsp3) is 0.200. The third-order valence-electron chi connectivity index (χ3n) is 2.07. The van der Waals surface area contributed by atoms with Crippen LogP contribution in [0.3, 0.4) is 0 Å². The topological polar surface area (TPSA) is 68.3 Å². The molecule has 5 nitrogen and oxygen atoms in total. The fourth-order valence-electron chi connectivity index (χ4n) is 1.35. The molecular weight excluding hydrogens is 196 g/mol. The molecule has 0 radical (unpaired) electrons. The lowest BCUT2D eigenvalue weighted by molar-refractivity contribution is 0.0662. The Morgan fingerprint density at radius 1 is 1.60 bits per heavy atom. The molecule has 0 saturated carbocycles. The highest BCUT2D eigenvalue weighted by molar-refractivity contribution is 5.86. The molecule has 0 atom stereocenters. The number of carboxylic acids is 1. The predicted molar refractivity (Wildman–Crippen MR) is 52.6 cm³/mol. The van der Waals surface area contributed by atoms with E-state index in [9.17, 15) is 4.79 Å². The maximum atomic E-state index is 10.7. The van der Waals surface area contributed by atoms with Crippen LogP contribution in [0.25, 0.3) is 11.5 Å². The first-order valence-electron chi connectivity index (χ1n) is 4.41. The number of carbonyl (C=O) groups is 1. The highest BCUT2D eigenvalue weighted by Gasteiger charge is 2.17. The smallest absolute Gasteiger partial charge is 0.373 e. The monoisotopic (exact) mass is 206 g/mol. The Bertz CT molecular complexity index is 510. The van der Waals surface area contributed by atoms with Crippen LogP contribution in [0.15, 0.2) is 22.9 Å². The van der Waals surface area contributed by atoms with Crippen molar-refractivity contribution < 1.29 is 14.3 Å². The van der Waals surface area contributed by atoms with Gasteiger partial charge in [-0.1, -0.05) is 0 Å². The van der Waals surface area contributed by atoms with Gasteiger partial charge in [0.15, 0.2) is 0 Å². The third kappa shape index (κ3) is 1.63.